The predicted molar refractivity (Wildman–Crippen MR) is 148 cm³/mol. The number of aliphatic carboxylic acids is 1. The third kappa shape index (κ3) is 6.68. The van der Waals surface area contributed by atoms with Crippen LogP contribution in [0.25, 0.3) is 0 Å². The maximum atomic E-state index is 13.5. The molecule has 2 aromatic rings. The number of carboxylic acids is 1. The van der Waals surface area contributed by atoms with Crippen LogP contribution in [0.5, 0.6) is 0 Å². The number of carbonyl (C=O) groups excluding carboxylic acids is 1. The molecule has 0 spiro atoms. The largest absolute Gasteiger partial charge is 0.481 e. The molecule has 0 aliphatic carbocycles. The van der Waals surface area contributed by atoms with Gasteiger partial charge in [-0.15, -0.1) is 0 Å². The van der Waals surface area contributed by atoms with Crippen molar-refractivity contribution in [3.63, 3.8) is 0 Å². The molecule has 0 aromatic heterocycles. The summed E-state index contributed by atoms with van der Waals surface area (Å²) in [5, 5.41) is 12.3. The van der Waals surface area contributed by atoms with Crippen molar-refractivity contribution in [2.75, 3.05) is 0 Å². The lowest BCUT2D eigenvalue weighted by atomic mass is 9.66. The van der Waals surface area contributed by atoms with E-state index in [0.717, 1.165) is 5.56 Å². The molecule has 3 rings (SSSR count). The molecule has 1 saturated heterocycles. The molecule has 9 heteroatoms. The summed E-state index contributed by atoms with van der Waals surface area (Å²) in [6, 6.07) is 13.8. The van der Waals surface area contributed by atoms with Crippen LogP contribution in [0.1, 0.15) is 75.7 Å². The van der Waals surface area contributed by atoms with E-state index >= 15 is 0 Å². The number of carbonyl (C=O) groups is 2. The van der Waals surface area contributed by atoms with Crippen molar-refractivity contribution in [2.24, 2.45) is 11.3 Å². The Morgan fingerprint density at radius 3 is 2.32 bits per heavy atom. The molecule has 1 aliphatic rings. The van der Waals surface area contributed by atoms with Crippen LogP contribution in [0, 0.1) is 11.3 Å². The fraction of sp³-hybridized carbons (Fsp3) is 0.500. The smallest absolute Gasteiger partial charge is 0.304 e. The van der Waals surface area contributed by atoms with E-state index in [2.05, 4.69) is 5.32 Å². The van der Waals surface area contributed by atoms with E-state index in [9.17, 15) is 23.1 Å². The van der Waals surface area contributed by atoms with E-state index in [1.807, 2.05) is 25.1 Å². The summed E-state index contributed by atoms with van der Waals surface area (Å²) >= 11 is 12.4. The van der Waals surface area contributed by atoms with Crippen molar-refractivity contribution < 1.29 is 23.1 Å². The summed E-state index contributed by atoms with van der Waals surface area (Å²) in [5.41, 5.74) is 0.448. The molecule has 1 amide bonds. The van der Waals surface area contributed by atoms with E-state index in [4.69, 9.17) is 23.2 Å². The lowest BCUT2D eigenvalue weighted by Crippen LogP contribution is -2.56. The lowest BCUT2D eigenvalue weighted by Gasteiger charge is -2.45. The standard InChI is InChI=1S/C28H35Cl2NO5S/c1-5-18(14-24(37(35,36)17(2)3)19-9-11-21(29)12-10-19)26-23(20-7-6-8-22(30)13-20)15-28(4,16-25(32)33)27(34)31-26/h6-13,17-18,23-24,26H,5,14-16H2,1-4H3,(H,31,34)(H,32,33)/t18?,23-,24+,26+,28+/m1/s1. The molecular formula is C28H35Cl2NO5S. The van der Waals surface area contributed by atoms with Crippen LogP contribution in [0.3, 0.4) is 0 Å². The Bertz CT molecular complexity index is 1230. The molecule has 1 fully saturated rings. The summed E-state index contributed by atoms with van der Waals surface area (Å²) in [4.78, 5) is 24.9. The van der Waals surface area contributed by atoms with Crippen LogP contribution in [-0.2, 0) is 19.4 Å². The van der Waals surface area contributed by atoms with Gasteiger partial charge >= 0.3 is 5.97 Å². The second-order valence-electron chi connectivity index (χ2n) is 10.6. The first kappa shape index (κ1) is 29.5. The first-order chi connectivity index (χ1) is 17.3. The van der Waals surface area contributed by atoms with Crippen molar-refractivity contribution in [3.8, 4) is 0 Å². The zero-order chi connectivity index (χ0) is 27.5. The summed E-state index contributed by atoms with van der Waals surface area (Å²) in [5.74, 6) is -1.81. The van der Waals surface area contributed by atoms with Crippen LogP contribution in [0.2, 0.25) is 10.0 Å². The SMILES string of the molecule is CCC(C[C@@H](c1ccc(Cl)cc1)S(=O)(=O)C(C)C)[C@@H]1NC(=O)[C@](C)(CC(=O)O)C[C@@H]1c1cccc(Cl)c1. The monoisotopic (exact) mass is 567 g/mol. The number of piperidine rings is 1. The Morgan fingerprint density at radius 2 is 1.78 bits per heavy atom. The van der Waals surface area contributed by atoms with Gasteiger partial charge in [-0.05, 0) is 68.0 Å². The minimum Gasteiger partial charge on any atom is -0.481 e. The average molecular weight is 569 g/mol. The molecule has 37 heavy (non-hydrogen) atoms. The van der Waals surface area contributed by atoms with Crippen molar-refractivity contribution in [1.82, 2.24) is 5.32 Å². The molecule has 2 N–H and O–H groups in total. The van der Waals surface area contributed by atoms with Gasteiger partial charge in [0.25, 0.3) is 0 Å². The van der Waals surface area contributed by atoms with Gasteiger partial charge in [0.2, 0.25) is 5.91 Å². The van der Waals surface area contributed by atoms with Crippen molar-refractivity contribution in [1.29, 1.82) is 0 Å². The van der Waals surface area contributed by atoms with Gasteiger partial charge in [-0.1, -0.05) is 67.7 Å². The topological polar surface area (TPSA) is 101 Å². The second-order valence-corrected chi connectivity index (χ2v) is 14.1. The zero-order valence-corrected chi connectivity index (χ0v) is 23.9. The molecule has 1 aliphatic heterocycles. The molecule has 1 unspecified atom stereocenters. The summed E-state index contributed by atoms with van der Waals surface area (Å²) in [7, 11) is -3.54. The Morgan fingerprint density at radius 1 is 1.14 bits per heavy atom. The molecule has 2 aromatic carbocycles. The quantitative estimate of drug-likeness (QED) is 0.344. The highest BCUT2D eigenvalue weighted by atomic mass is 35.5. The van der Waals surface area contributed by atoms with Gasteiger partial charge in [0.1, 0.15) is 0 Å². The number of halogens is 2. The number of rotatable bonds is 10. The Hall–Kier alpha value is -2.09. The van der Waals surface area contributed by atoms with E-state index in [1.165, 1.54) is 0 Å². The molecule has 0 radical (unpaired) electrons. The molecular weight excluding hydrogens is 533 g/mol. The van der Waals surface area contributed by atoms with Gasteiger partial charge in [-0.2, -0.15) is 0 Å². The molecule has 0 saturated carbocycles. The number of nitrogens with one attached hydrogen (secondary N) is 1. The van der Waals surface area contributed by atoms with Crippen LogP contribution < -0.4 is 5.32 Å². The van der Waals surface area contributed by atoms with Crippen molar-refractivity contribution in [2.45, 2.75) is 75.8 Å². The van der Waals surface area contributed by atoms with E-state index in [1.54, 1.807) is 51.1 Å². The lowest BCUT2D eigenvalue weighted by molar-refractivity contribution is -0.147. The maximum Gasteiger partial charge on any atom is 0.304 e. The third-order valence-electron chi connectivity index (χ3n) is 7.61. The van der Waals surface area contributed by atoms with Crippen LogP contribution in [0.15, 0.2) is 48.5 Å². The van der Waals surface area contributed by atoms with E-state index in [-0.39, 0.29) is 24.2 Å². The number of carboxylic acid groups (broad SMARTS) is 1. The summed E-state index contributed by atoms with van der Waals surface area (Å²) in [6.45, 7) is 7.00. The van der Waals surface area contributed by atoms with Crippen molar-refractivity contribution in [3.05, 3.63) is 69.7 Å². The minimum atomic E-state index is -3.54. The van der Waals surface area contributed by atoms with E-state index in [0.29, 0.717) is 34.9 Å². The Kier molecular flexibility index (Phi) is 9.36. The van der Waals surface area contributed by atoms with Gasteiger partial charge in [0, 0.05) is 22.0 Å². The summed E-state index contributed by atoms with van der Waals surface area (Å²) in [6.07, 6.45) is 0.940. The Balaban J connectivity index is 2.06. The van der Waals surface area contributed by atoms with Crippen LogP contribution >= 0.6 is 23.2 Å². The highest BCUT2D eigenvalue weighted by molar-refractivity contribution is 7.92. The second kappa shape index (κ2) is 11.7. The Labute approximate surface area is 229 Å². The van der Waals surface area contributed by atoms with Gasteiger partial charge in [-0.25, -0.2) is 8.42 Å². The number of amides is 1. The number of hydrogen-bond donors (Lipinski definition) is 2. The highest BCUT2D eigenvalue weighted by Crippen LogP contribution is 2.46. The van der Waals surface area contributed by atoms with Crippen molar-refractivity contribution >= 4 is 44.9 Å². The maximum absolute atomic E-state index is 13.5. The fourth-order valence-corrected chi connectivity index (χ4v) is 7.47. The minimum absolute atomic E-state index is 0.198. The predicted octanol–water partition coefficient (Wildman–Crippen LogP) is 6.43. The number of sulfone groups is 1. The molecule has 5 atom stereocenters. The van der Waals surface area contributed by atoms with Gasteiger partial charge < -0.3 is 10.4 Å². The molecule has 1 heterocycles. The average Bonchev–Trinajstić information content (AvgIpc) is 2.81. The highest BCUT2D eigenvalue weighted by Gasteiger charge is 2.48. The van der Waals surface area contributed by atoms with Crippen LogP contribution in [-0.4, -0.2) is 36.7 Å². The van der Waals surface area contributed by atoms with Gasteiger partial charge in [0.15, 0.2) is 9.84 Å². The first-order valence-electron chi connectivity index (χ1n) is 12.5. The fourth-order valence-electron chi connectivity index (χ4n) is 5.43. The van der Waals surface area contributed by atoms with E-state index < -0.39 is 37.8 Å². The molecule has 0 bridgehead atoms. The number of benzene rings is 2. The van der Waals surface area contributed by atoms with Gasteiger partial charge in [-0.3, -0.25) is 9.59 Å². The van der Waals surface area contributed by atoms with Gasteiger partial charge in [0.05, 0.1) is 22.3 Å². The number of hydrogen-bond acceptors (Lipinski definition) is 4. The summed E-state index contributed by atoms with van der Waals surface area (Å²) < 4.78 is 27.1. The molecule has 202 valence electrons. The normalized spacial score (nSPS) is 23.9. The van der Waals surface area contributed by atoms with Crippen LogP contribution in [0.4, 0.5) is 0 Å². The first-order valence-corrected chi connectivity index (χ1v) is 14.9. The zero-order valence-electron chi connectivity index (χ0n) is 21.6. The molecule has 6 nitrogen and oxygen atoms in total. The third-order valence-corrected chi connectivity index (χ3v) is 10.7.